The highest BCUT2D eigenvalue weighted by Gasteiger charge is 2.20. The van der Waals surface area contributed by atoms with Crippen molar-refractivity contribution in [1.82, 2.24) is 10.6 Å². The number of nitrogens with two attached hydrogens (primary N) is 1. The molecule has 9 heteroatoms. The van der Waals surface area contributed by atoms with Crippen molar-refractivity contribution < 1.29 is 29.7 Å². The standard InChI is InChI=1S/2C5H9NO2.C5H11NO2/c2*7-5(8)4-2-1-3-6-4;1-3(2)4(6)5(7)8/h2*4,6H,1-3H2,(H,7,8);3-4H,6H2,1-2H3,(H,7,8)/t3*4-/m000/s1. The van der Waals surface area contributed by atoms with Gasteiger partial charge in [0.1, 0.15) is 18.1 Å². The van der Waals surface area contributed by atoms with E-state index in [1.54, 1.807) is 13.8 Å². The number of aliphatic carboxylic acids is 3. The van der Waals surface area contributed by atoms with Crippen LogP contribution in [0.25, 0.3) is 0 Å². The highest BCUT2D eigenvalue weighted by molar-refractivity contribution is 5.74. The predicted octanol–water partition coefficient (Wildman–Crippen LogP) is -0.300. The van der Waals surface area contributed by atoms with Crippen molar-refractivity contribution in [2.24, 2.45) is 11.7 Å². The molecule has 9 nitrogen and oxygen atoms in total. The molecular formula is C15H29N3O6. The van der Waals surface area contributed by atoms with Gasteiger partial charge < -0.3 is 31.7 Å². The maximum atomic E-state index is 10.1. The van der Waals surface area contributed by atoms with Gasteiger partial charge in [-0.05, 0) is 44.7 Å². The SMILES string of the molecule is CC(C)[C@H](N)C(=O)O.O=C(O)[C@@H]1CCCN1.O=C(O)[C@@H]1CCCN1. The first-order valence-electron chi connectivity index (χ1n) is 8.07. The van der Waals surface area contributed by atoms with Crippen LogP contribution in [0.4, 0.5) is 0 Å². The summed E-state index contributed by atoms with van der Waals surface area (Å²) in [6, 6.07) is -1.25. The molecule has 0 aromatic rings. The second kappa shape index (κ2) is 11.8. The molecule has 2 aliphatic heterocycles. The summed E-state index contributed by atoms with van der Waals surface area (Å²) < 4.78 is 0. The van der Waals surface area contributed by atoms with E-state index in [4.69, 9.17) is 21.1 Å². The molecule has 0 radical (unpaired) electrons. The minimum Gasteiger partial charge on any atom is -0.480 e. The number of hydrogen-bond donors (Lipinski definition) is 6. The number of carboxylic acids is 3. The molecule has 0 aliphatic carbocycles. The lowest BCUT2D eigenvalue weighted by Gasteiger charge is -2.07. The van der Waals surface area contributed by atoms with E-state index >= 15 is 0 Å². The molecule has 24 heavy (non-hydrogen) atoms. The number of nitrogens with one attached hydrogen (secondary N) is 2. The minimum absolute atomic E-state index is 0.0208. The lowest BCUT2D eigenvalue weighted by atomic mass is 10.1. The Hall–Kier alpha value is -1.71. The van der Waals surface area contributed by atoms with Gasteiger partial charge in [-0.2, -0.15) is 0 Å². The van der Waals surface area contributed by atoms with Gasteiger partial charge in [0, 0.05) is 0 Å². The van der Waals surface area contributed by atoms with Gasteiger partial charge in [0.15, 0.2) is 0 Å². The van der Waals surface area contributed by atoms with E-state index in [0.29, 0.717) is 0 Å². The smallest absolute Gasteiger partial charge is 0.320 e. The molecule has 0 aromatic carbocycles. The number of hydrogen-bond acceptors (Lipinski definition) is 6. The molecule has 2 aliphatic rings. The van der Waals surface area contributed by atoms with E-state index in [0.717, 1.165) is 38.8 Å². The average molecular weight is 347 g/mol. The molecule has 2 fully saturated rings. The van der Waals surface area contributed by atoms with Crippen molar-refractivity contribution in [3.63, 3.8) is 0 Å². The molecule has 0 spiro atoms. The summed E-state index contributed by atoms with van der Waals surface area (Å²) in [6.07, 6.45) is 3.57. The number of carbonyl (C=O) groups is 3. The first-order valence-corrected chi connectivity index (χ1v) is 8.07. The van der Waals surface area contributed by atoms with Gasteiger partial charge in [0.05, 0.1) is 0 Å². The van der Waals surface area contributed by atoms with E-state index in [-0.39, 0.29) is 18.0 Å². The maximum Gasteiger partial charge on any atom is 0.320 e. The molecule has 2 heterocycles. The normalized spacial score (nSPS) is 23.5. The fourth-order valence-electron chi connectivity index (χ4n) is 2.08. The van der Waals surface area contributed by atoms with E-state index in [9.17, 15) is 14.4 Å². The fraction of sp³-hybridized carbons (Fsp3) is 0.800. The summed E-state index contributed by atoms with van der Waals surface area (Å²) >= 11 is 0. The second-order valence-electron chi connectivity index (χ2n) is 6.08. The van der Waals surface area contributed by atoms with Gasteiger partial charge >= 0.3 is 17.9 Å². The molecule has 3 atom stereocenters. The summed E-state index contributed by atoms with van der Waals surface area (Å²) in [5.41, 5.74) is 5.16. The molecule has 0 saturated carbocycles. The van der Waals surface area contributed by atoms with E-state index in [1.165, 1.54) is 0 Å². The monoisotopic (exact) mass is 347 g/mol. The summed E-state index contributed by atoms with van der Waals surface area (Å²) in [7, 11) is 0. The van der Waals surface area contributed by atoms with Gasteiger partial charge in [-0.3, -0.25) is 14.4 Å². The molecule has 0 unspecified atom stereocenters. The van der Waals surface area contributed by atoms with Crippen LogP contribution < -0.4 is 16.4 Å². The van der Waals surface area contributed by atoms with Crippen LogP contribution in [0.5, 0.6) is 0 Å². The van der Waals surface area contributed by atoms with Crippen molar-refractivity contribution in [2.75, 3.05) is 13.1 Å². The third kappa shape index (κ3) is 9.43. The molecule has 140 valence electrons. The van der Waals surface area contributed by atoms with Crippen LogP contribution in [-0.2, 0) is 14.4 Å². The quantitative estimate of drug-likeness (QED) is 0.401. The van der Waals surface area contributed by atoms with Crippen molar-refractivity contribution in [3.8, 4) is 0 Å². The van der Waals surface area contributed by atoms with E-state index in [1.807, 2.05) is 0 Å². The third-order valence-corrected chi connectivity index (χ3v) is 3.72. The summed E-state index contributed by atoms with van der Waals surface area (Å²) in [5, 5.41) is 30.6. The molecule has 2 rings (SSSR count). The zero-order valence-electron chi connectivity index (χ0n) is 14.2. The van der Waals surface area contributed by atoms with Gasteiger partial charge in [0.2, 0.25) is 0 Å². The Balaban J connectivity index is 0.000000331. The highest BCUT2D eigenvalue weighted by Crippen LogP contribution is 2.04. The zero-order chi connectivity index (χ0) is 18.7. The molecule has 0 amide bonds. The van der Waals surface area contributed by atoms with Gasteiger partial charge in [-0.25, -0.2) is 0 Å². The predicted molar refractivity (Wildman–Crippen MR) is 87.8 cm³/mol. The second-order valence-corrected chi connectivity index (χ2v) is 6.08. The van der Waals surface area contributed by atoms with Crippen LogP contribution >= 0.6 is 0 Å². The summed E-state index contributed by atoms with van der Waals surface area (Å²) in [5.74, 6) is -2.35. The zero-order valence-corrected chi connectivity index (χ0v) is 14.2. The average Bonchev–Trinajstić information content (AvgIpc) is 3.20. The molecule has 2 saturated heterocycles. The van der Waals surface area contributed by atoms with Crippen molar-refractivity contribution >= 4 is 17.9 Å². The van der Waals surface area contributed by atoms with E-state index in [2.05, 4.69) is 10.6 Å². The van der Waals surface area contributed by atoms with Crippen molar-refractivity contribution in [2.45, 2.75) is 57.7 Å². The van der Waals surface area contributed by atoms with Crippen LogP contribution in [0.3, 0.4) is 0 Å². The number of carboxylic acid groups (broad SMARTS) is 3. The summed E-state index contributed by atoms with van der Waals surface area (Å²) in [4.78, 5) is 30.3. The largest absolute Gasteiger partial charge is 0.480 e. The Morgan fingerprint density at radius 2 is 1.29 bits per heavy atom. The Kier molecular flexibility index (Phi) is 10.9. The fourth-order valence-corrected chi connectivity index (χ4v) is 2.08. The Morgan fingerprint density at radius 3 is 1.38 bits per heavy atom. The van der Waals surface area contributed by atoms with Crippen LogP contribution in [-0.4, -0.2) is 64.4 Å². The lowest BCUT2D eigenvalue weighted by molar-refractivity contribution is -0.140. The third-order valence-electron chi connectivity index (χ3n) is 3.72. The Labute approximate surface area is 141 Å². The topological polar surface area (TPSA) is 162 Å². The first kappa shape index (κ1) is 22.3. The Morgan fingerprint density at radius 1 is 0.917 bits per heavy atom. The lowest BCUT2D eigenvalue weighted by Crippen LogP contribution is -2.34. The number of rotatable bonds is 4. The Bertz CT molecular complexity index is 361. The highest BCUT2D eigenvalue weighted by atomic mass is 16.4. The van der Waals surface area contributed by atoms with Crippen LogP contribution in [0.1, 0.15) is 39.5 Å². The molecule has 7 N–H and O–H groups in total. The summed E-state index contributed by atoms with van der Waals surface area (Å²) in [6.45, 7) is 5.27. The van der Waals surface area contributed by atoms with Crippen molar-refractivity contribution in [3.05, 3.63) is 0 Å². The van der Waals surface area contributed by atoms with E-state index < -0.39 is 23.9 Å². The maximum absolute atomic E-state index is 10.1. The van der Waals surface area contributed by atoms with Crippen LogP contribution in [0, 0.1) is 5.92 Å². The molecule has 0 bridgehead atoms. The van der Waals surface area contributed by atoms with Crippen LogP contribution in [0.15, 0.2) is 0 Å². The van der Waals surface area contributed by atoms with Gasteiger partial charge in [0.25, 0.3) is 0 Å². The minimum atomic E-state index is -0.931. The molecular weight excluding hydrogens is 318 g/mol. The van der Waals surface area contributed by atoms with Gasteiger partial charge in [-0.15, -0.1) is 0 Å². The van der Waals surface area contributed by atoms with Crippen molar-refractivity contribution in [1.29, 1.82) is 0 Å². The van der Waals surface area contributed by atoms with Gasteiger partial charge in [-0.1, -0.05) is 13.8 Å². The van der Waals surface area contributed by atoms with Crippen LogP contribution in [0.2, 0.25) is 0 Å². The first-order chi connectivity index (χ1) is 11.2. The molecule has 0 aromatic heterocycles.